The molecule has 96 valence electrons. The zero-order valence-electron chi connectivity index (χ0n) is 10.5. The summed E-state index contributed by atoms with van der Waals surface area (Å²) in [6.45, 7) is 2.17. The Morgan fingerprint density at radius 2 is 1.95 bits per heavy atom. The smallest absolute Gasteiger partial charge is 0.306 e. The average Bonchev–Trinajstić information content (AvgIpc) is 2.70. The van der Waals surface area contributed by atoms with Crippen LogP contribution in [0.4, 0.5) is 4.39 Å². The summed E-state index contributed by atoms with van der Waals surface area (Å²) >= 11 is 0. The molecule has 0 aliphatic carbocycles. The number of rotatable bonds is 2. The quantitative estimate of drug-likeness (QED) is 0.752. The second-order valence-electron chi connectivity index (χ2n) is 4.58. The van der Waals surface area contributed by atoms with Crippen LogP contribution in [0.1, 0.15) is 11.1 Å². The number of aryl methyl sites for hydroxylation is 1. The molecule has 0 amide bonds. The Labute approximate surface area is 109 Å². The van der Waals surface area contributed by atoms with Crippen molar-refractivity contribution in [2.45, 2.75) is 13.5 Å². The Morgan fingerprint density at radius 3 is 2.74 bits per heavy atom. The number of hydrogen-bond donors (Lipinski definition) is 1. The predicted octanol–water partition coefficient (Wildman–Crippen LogP) is 2.83. The fraction of sp³-hybridized carbons (Fsp3) is 0.133. The zero-order valence-corrected chi connectivity index (χ0v) is 10.5. The van der Waals surface area contributed by atoms with E-state index in [0.29, 0.717) is 5.56 Å². The second kappa shape index (κ2) is 4.39. The summed E-state index contributed by atoms with van der Waals surface area (Å²) in [7, 11) is 0. The molecule has 2 aromatic carbocycles. The van der Waals surface area contributed by atoms with E-state index in [4.69, 9.17) is 0 Å². The highest BCUT2D eigenvalue weighted by molar-refractivity contribution is 5.78. The molecule has 0 radical (unpaired) electrons. The summed E-state index contributed by atoms with van der Waals surface area (Å²) < 4.78 is 15.3. The number of nitrogens with one attached hydrogen (secondary N) is 1. The summed E-state index contributed by atoms with van der Waals surface area (Å²) in [6, 6.07) is 12.2. The largest absolute Gasteiger partial charge is 0.326 e. The third-order valence-electron chi connectivity index (χ3n) is 3.28. The molecule has 0 saturated heterocycles. The van der Waals surface area contributed by atoms with Crippen LogP contribution in [0, 0.1) is 12.7 Å². The summed E-state index contributed by atoms with van der Waals surface area (Å²) in [5.74, 6) is -0.294. The molecule has 1 heterocycles. The van der Waals surface area contributed by atoms with Crippen LogP contribution in [0.2, 0.25) is 0 Å². The monoisotopic (exact) mass is 256 g/mol. The minimum absolute atomic E-state index is 0.215. The van der Waals surface area contributed by atoms with E-state index in [1.54, 1.807) is 22.8 Å². The van der Waals surface area contributed by atoms with Crippen LogP contribution in [-0.4, -0.2) is 9.55 Å². The zero-order chi connectivity index (χ0) is 13.4. The number of halogens is 1. The van der Waals surface area contributed by atoms with Crippen LogP contribution in [0.25, 0.3) is 11.0 Å². The van der Waals surface area contributed by atoms with Gasteiger partial charge in [-0.25, -0.2) is 9.18 Å². The lowest BCUT2D eigenvalue weighted by Gasteiger charge is -2.06. The summed E-state index contributed by atoms with van der Waals surface area (Å²) in [4.78, 5) is 14.8. The molecule has 19 heavy (non-hydrogen) atoms. The predicted molar refractivity (Wildman–Crippen MR) is 72.8 cm³/mol. The average molecular weight is 256 g/mol. The van der Waals surface area contributed by atoms with Gasteiger partial charge in [-0.05, 0) is 24.6 Å². The van der Waals surface area contributed by atoms with Gasteiger partial charge < -0.3 is 4.98 Å². The lowest BCUT2D eigenvalue weighted by Crippen LogP contribution is -2.18. The number of fused-ring (bicyclic) bond motifs is 1. The second-order valence-corrected chi connectivity index (χ2v) is 4.58. The highest BCUT2D eigenvalue weighted by atomic mass is 19.1. The minimum atomic E-state index is -0.294. The van der Waals surface area contributed by atoms with Crippen molar-refractivity contribution in [3.8, 4) is 0 Å². The fourth-order valence-corrected chi connectivity index (χ4v) is 2.35. The standard InChI is InChI=1S/C15H13FN2O/c1-10-5-4-8-13-14(10)18(15(19)17-13)9-11-6-2-3-7-12(11)16/h2-8H,9H2,1H3,(H,17,19). The van der Waals surface area contributed by atoms with Crippen LogP contribution >= 0.6 is 0 Å². The molecule has 0 bridgehead atoms. The number of H-pyrrole nitrogens is 1. The Bertz CT molecular complexity index is 801. The van der Waals surface area contributed by atoms with Gasteiger partial charge in [-0.1, -0.05) is 30.3 Å². The van der Waals surface area contributed by atoms with E-state index in [1.807, 2.05) is 25.1 Å². The van der Waals surface area contributed by atoms with Crippen molar-refractivity contribution in [1.82, 2.24) is 9.55 Å². The van der Waals surface area contributed by atoms with E-state index in [9.17, 15) is 9.18 Å². The van der Waals surface area contributed by atoms with E-state index in [-0.39, 0.29) is 18.1 Å². The maximum Gasteiger partial charge on any atom is 0.326 e. The van der Waals surface area contributed by atoms with Gasteiger partial charge in [0.15, 0.2) is 0 Å². The molecule has 1 N–H and O–H groups in total. The van der Waals surface area contributed by atoms with Gasteiger partial charge in [0.2, 0.25) is 0 Å². The number of nitrogens with zero attached hydrogens (tertiary/aromatic N) is 1. The maximum absolute atomic E-state index is 13.7. The first-order chi connectivity index (χ1) is 9.16. The van der Waals surface area contributed by atoms with Crippen molar-refractivity contribution >= 4 is 11.0 Å². The van der Waals surface area contributed by atoms with Gasteiger partial charge in [-0.2, -0.15) is 0 Å². The lowest BCUT2D eigenvalue weighted by atomic mass is 10.2. The number of aromatic nitrogens is 2. The van der Waals surface area contributed by atoms with Crippen LogP contribution in [0.5, 0.6) is 0 Å². The van der Waals surface area contributed by atoms with Gasteiger partial charge in [0.05, 0.1) is 17.6 Å². The van der Waals surface area contributed by atoms with E-state index < -0.39 is 0 Å². The Morgan fingerprint density at radius 1 is 1.16 bits per heavy atom. The first-order valence-electron chi connectivity index (χ1n) is 6.08. The number of benzene rings is 2. The molecular weight excluding hydrogens is 243 g/mol. The van der Waals surface area contributed by atoms with Crippen molar-refractivity contribution in [2.24, 2.45) is 0 Å². The SMILES string of the molecule is Cc1cccc2[nH]c(=O)n(Cc3ccccc3F)c12. The van der Waals surface area contributed by atoms with Gasteiger partial charge in [0, 0.05) is 5.56 Å². The van der Waals surface area contributed by atoms with Crippen LogP contribution in [0.3, 0.4) is 0 Å². The maximum atomic E-state index is 13.7. The molecule has 3 rings (SSSR count). The minimum Gasteiger partial charge on any atom is -0.306 e. The molecule has 4 heteroatoms. The van der Waals surface area contributed by atoms with Crippen LogP contribution in [-0.2, 0) is 6.54 Å². The van der Waals surface area contributed by atoms with Crippen molar-refractivity contribution in [2.75, 3.05) is 0 Å². The van der Waals surface area contributed by atoms with Gasteiger partial charge in [0.1, 0.15) is 5.82 Å². The number of imidazole rings is 1. The molecule has 0 unspecified atom stereocenters. The first kappa shape index (κ1) is 11.7. The van der Waals surface area contributed by atoms with E-state index in [1.165, 1.54) is 6.07 Å². The molecular formula is C15H13FN2O. The van der Waals surface area contributed by atoms with Crippen LogP contribution in [0.15, 0.2) is 47.3 Å². The molecule has 0 aliphatic heterocycles. The lowest BCUT2D eigenvalue weighted by molar-refractivity contribution is 0.599. The topological polar surface area (TPSA) is 37.8 Å². The fourth-order valence-electron chi connectivity index (χ4n) is 2.35. The normalized spacial score (nSPS) is 11.1. The molecule has 3 nitrogen and oxygen atoms in total. The molecule has 0 spiro atoms. The third-order valence-corrected chi connectivity index (χ3v) is 3.28. The van der Waals surface area contributed by atoms with Gasteiger partial charge in [-0.3, -0.25) is 4.57 Å². The van der Waals surface area contributed by atoms with Crippen molar-refractivity contribution in [3.63, 3.8) is 0 Å². The van der Waals surface area contributed by atoms with Gasteiger partial charge >= 0.3 is 5.69 Å². The molecule has 0 fully saturated rings. The van der Waals surface area contributed by atoms with Crippen LogP contribution < -0.4 is 5.69 Å². The number of para-hydroxylation sites is 1. The van der Waals surface area contributed by atoms with Crippen molar-refractivity contribution < 1.29 is 4.39 Å². The summed E-state index contributed by atoms with van der Waals surface area (Å²) in [6.07, 6.45) is 0. The summed E-state index contributed by atoms with van der Waals surface area (Å²) in [5.41, 5.74) is 2.89. The highest BCUT2D eigenvalue weighted by Crippen LogP contribution is 2.17. The number of aromatic amines is 1. The third kappa shape index (κ3) is 1.95. The highest BCUT2D eigenvalue weighted by Gasteiger charge is 2.10. The van der Waals surface area contributed by atoms with E-state index >= 15 is 0 Å². The molecule has 3 aromatic rings. The van der Waals surface area contributed by atoms with Gasteiger partial charge in [0.25, 0.3) is 0 Å². The van der Waals surface area contributed by atoms with Crippen molar-refractivity contribution in [1.29, 1.82) is 0 Å². The molecule has 1 aromatic heterocycles. The van der Waals surface area contributed by atoms with Crippen molar-refractivity contribution in [3.05, 3.63) is 69.9 Å². The Kier molecular flexibility index (Phi) is 2.71. The number of hydrogen-bond acceptors (Lipinski definition) is 1. The molecule has 0 atom stereocenters. The molecule has 0 saturated carbocycles. The van der Waals surface area contributed by atoms with E-state index in [0.717, 1.165) is 16.6 Å². The van der Waals surface area contributed by atoms with E-state index in [2.05, 4.69) is 4.98 Å². The molecule has 0 aliphatic rings. The summed E-state index contributed by atoms with van der Waals surface area (Å²) in [5, 5.41) is 0. The first-order valence-corrected chi connectivity index (χ1v) is 6.08. The van der Waals surface area contributed by atoms with Gasteiger partial charge in [-0.15, -0.1) is 0 Å². The Balaban J connectivity index is 2.19. The Hall–Kier alpha value is -2.36.